The molecule has 102 valence electrons. The molecule has 0 atom stereocenters. The molecule has 0 bridgehead atoms. The van der Waals surface area contributed by atoms with Crippen molar-refractivity contribution in [2.75, 3.05) is 5.32 Å². The van der Waals surface area contributed by atoms with Crippen LogP contribution in [-0.4, -0.2) is 23.0 Å². The van der Waals surface area contributed by atoms with Crippen LogP contribution in [0.15, 0.2) is 18.2 Å². The molecule has 6 nitrogen and oxygen atoms in total. The molecule has 0 aliphatic rings. The molecule has 0 aliphatic heterocycles. The van der Waals surface area contributed by atoms with Gasteiger partial charge in [0.1, 0.15) is 0 Å². The van der Waals surface area contributed by atoms with Crippen molar-refractivity contribution < 1.29 is 19.5 Å². The number of benzene rings is 1. The maximum Gasteiger partial charge on any atom is 0.325 e. The number of rotatable bonds is 4. The van der Waals surface area contributed by atoms with Crippen LogP contribution in [0.4, 0.5) is 10.5 Å². The summed E-state index contributed by atoms with van der Waals surface area (Å²) in [5.74, 6) is -1.79. The topological polar surface area (TPSA) is 95.5 Å². The van der Waals surface area contributed by atoms with E-state index in [0.717, 1.165) is 0 Å². The van der Waals surface area contributed by atoms with E-state index in [4.69, 9.17) is 28.3 Å². The number of hydrogen-bond donors (Lipinski definition) is 3. The Morgan fingerprint density at radius 3 is 2.37 bits per heavy atom. The summed E-state index contributed by atoms with van der Waals surface area (Å²) in [4.78, 5) is 32.8. The highest BCUT2D eigenvalue weighted by Crippen LogP contribution is 2.24. The monoisotopic (exact) mass is 304 g/mol. The number of urea groups is 1. The predicted octanol–water partition coefficient (Wildman–Crippen LogP) is 2.51. The number of nitrogens with one attached hydrogen (secondary N) is 2. The Labute approximate surface area is 118 Å². The normalized spacial score (nSPS) is 9.79. The molecule has 0 aliphatic carbocycles. The highest BCUT2D eigenvalue weighted by Gasteiger charge is 2.10. The Bertz CT molecular complexity index is 519. The van der Waals surface area contributed by atoms with Gasteiger partial charge in [-0.3, -0.25) is 14.9 Å². The molecule has 1 aromatic rings. The fourth-order valence-electron chi connectivity index (χ4n) is 1.15. The Hall–Kier alpha value is -1.79. The third-order valence-electron chi connectivity index (χ3n) is 2.00. The van der Waals surface area contributed by atoms with Gasteiger partial charge in [0.15, 0.2) is 0 Å². The Kier molecular flexibility index (Phi) is 5.59. The molecule has 0 fully saturated rings. The summed E-state index contributed by atoms with van der Waals surface area (Å²) in [5.41, 5.74) is 0.359. The Balaban J connectivity index is 2.48. The smallest absolute Gasteiger partial charge is 0.325 e. The van der Waals surface area contributed by atoms with E-state index in [-0.39, 0.29) is 17.9 Å². The highest BCUT2D eigenvalue weighted by molar-refractivity contribution is 6.42. The van der Waals surface area contributed by atoms with Crippen LogP contribution in [0.1, 0.15) is 12.8 Å². The lowest BCUT2D eigenvalue weighted by Gasteiger charge is -2.07. The standard InChI is InChI=1S/C11H10Cl2N2O4/c12-7-2-1-6(5-8(7)13)14-11(19)15-9(16)3-4-10(17)18/h1-2,5H,3-4H2,(H,17,18)(H2,14,15,16,19). The molecule has 0 saturated heterocycles. The highest BCUT2D eigenvalue weighted by atomic mass is 35.5. The van der Waals surface area contributed by atoms with Crippen LogP contribution in [0.25, 0.3) is 0 Å². The van der Waals surface area contributed by atoms with E-state index in [0.29, 0.717) is 10.7 Å². The third kappa shape index (κ3) is 5.58. The number of carboxylic acids is 1. The van der Waals surface area contributed by atoms with E-state index >= 15 is 0 Å². The van der Waals surface area contributed by atoms with Gasteiger partial charge in [0.2, 0.25) is 5.91 Å². The van der Waals surface area contributed by atoms with Crippen LogP contribution in [0.5, 0.6) is 0 Å². The lowest BCUT2D eigenvalue weighted by atomic mass is 10.3. The average molecular weight is 305 g/mol. The molecular formula is C11H10Cl2N2O4. The number of imide groups is 1. The summed E-state index contributed by atoms with van der Waals surface area (Å²) in [6, 6.07) is 3.65. The quantitative estimate of drug-likeness (QED) is 0.796. The second-order valence-electron chi connectivity index (χ2n) is 3.52. The van der Waals surface area contributed by atoms with Gasteiger partial charge < -0.3 is 10.4 Å². The van der Waals surface area contributed by atoms with Crippen molar-refractivity contribution in [2.24, 2.45) is 0 Å². The van der Waals surface area contributed by atoms with Crippen molar-refractivity contribution in [2.45, 2.75) is 12.8 Å². The van der Waals surface area contributed by atoms with E-state index in [1.165, 1.54) is 18.2 Å². The first-order valence-corrected chi connectivity index (χ1v) is 5.92. The van der Waals surface area contributed by atoms with Crippen LogP contribution in [-0.2, 0) is 9.59 Å². The number of aliphatic carboxylic acids is 1. The number of amides is 3. The van der Waals surface area contributed by atoms with Crippen LogP contribution in [0, 0.1) is 0 Å². The number of carbonyl (C=O) groups excluding carboxylic acids is 2. The Morgan fingerprint density at radius 1 is 1.11 bits per heavy atom. The summed E-state index contributed by atoms with van der Waals surface area (Å²) < 4.78 is 0. The van der Waals surface area contributed by atoms with Gasteiger partial charge in [0.25, 0.3) is 0 Å². The van der Waals surface area contributed by atoms with E-state index < -0.39 is 17.9 Å². The zero-order valence-corrected chi connectivity index (χ0v) is 11.1. The minimum Gasteiger partial charge on any atom is -0.481 e. The van der Waals surface area contributed by atoms with Gasteiger partial charge in [-0.25, -0.2) is 4.79 Å². The molecule has 0 aromatic heterocycles. The second kappa shape index (κ2) is 6.96. The van der Waals surface area contributed by atoms with Crippen molar-refractivity contribution in [3.63, 3.8) is 0 Å². The van der Waals surface area contributed by atoms with Crippen LogP contribution in [0.2, 0.25) is 10.0 Å². The molecule has 0 spiro atoms. The molecule has 0 radical (unpaired) electrons. The SMILES string of the molecule is O=C(O)CCC(=O)NC(=O)Nc1ccc(Cl)c(Cl)c1. The van der Waals surface area contributed by atoms with Crippen molar-refractivity contribution in [1.82, 2.24) is 5.32 Å². The first kappa shape index (κ1) is 15.3. The molecular weight excluding hydrogens is 295 g/mol. The van der Waals surface area contributed by atoms with E-state index in [9.17, 15) is 14.4 Å². The molecule has 1 rings (SSSR count). The fraction of sp³-hybridized carbons (Fsp3) is 0.182. The summed E-state index contributed by atoms with van der Waals surface area (Å²) in [7, 11) is 0. The zero-order valence-electron chi connectivity index (χ0n) is 9.57. The Morgan fingerprint density at radius 2 is 1.79 bits per heavy atom. The van der Waals surface area contributed by atoms with Gasteiger partial charge in [-0.1, -0.05) is 23.2 Å². The number of hydrogen-bond acceptors (Lipinski definition) is 3. The third-order valence-corrected chi connectivity index (χ3v) is 2.74. The maximum absolute atomic E-state index is 11.4. The van der Waals surface area contributed by atoms with Crippen LogP contribution in [0.3, 0.4) is 0 Å². The molecule has 1 aromatic carbocycles. The number of carbonyl (C=O) groups is 3. The van der Waals surface area contributed by atoms with Crippen molar-refractivity contribution in [1.29, 1.82) is 0 Å². The van der Waals surface area contributed by atoms with Crippen LogP contribution >= 0.6 is 23.2 Å². The minimum atomic E-state index is -1.11. The van der Waals surface area contributed by atoms with Gasteiger partial charge in [-0.05, 0) is 18.2 Å². The molecule has 0 saturated carbocycles. The zero-order chi connectivity index (χ0) is 14.4. The van der Waals surface area contributed by atoms with E-state index in [1.807, 2.05) is 5.32 Å². The summed E-state index contributed by atoms with van der Waals surface area (Å²) in [5, 5.41) is 13.3. The summed E-state index contributed by atoms with van der Waals surface area (Å²) >= 11 is 11.5. The van der Waals surface area contributed by atoms with Gasteiger partial charge >= 0.3 is 12.0 Å². The largest absolute Gasteiger partial charge is 0.481 e. The van der Waals surface area contributed by atoms with Gasteiger partial charge in [0.05, 0.1) is 16.5 Å². The van der Waals surface area contributed by atoms with Gasteiger partial charge in [0, 0.05) is 12.1 Å². The summed E-state index contributed by atoms with van der Waals surface area (Å²) in [6.45, 7) is 0. The van der Waals surface area contributed by atoms with E-state index in [2.05, 4.69) is 5.32 Å². The van der Waals surface area contributed by atoms with Crippen molar-refractivity contribution in [3.05, 3.63) is 28.2 Å². The first-order valence-electron chi connectivity index (χ1n) is 5.16. The van der Waals surface area contributed by atoms with Crippen LogP contribution < -0.4 is 10.6 Å². The second-order valence-corrected chi connectivity index (χ2v) is 4.34. The van der Waals surface area contributed by atoms with Gasteiger partial charge in [-0.2, -0.15) is 0 Å². The molecule has 0 heterocycles. The molecule has 3 N–H and O–H groups in total. The molecule has 19 heavy (non-hydrogen) atoms. The number of halogens is 2. The lowest BCUT2D eigenvalue weighted by molar-refractivity contribution is -0.138. The first-order chi connectivity index (χ1) is 8.88. The lowest BCUT2D eigenvalue weighted by Crippen LogP contribution is -2.34. The predicted molar refractivity (Wildman–Crippen MR) is 70.5 cm³/mol. The van der Waals surface area contributed by atoms with Gasteiger partial charge in [-0.15, -0.1) is 0 Å². The molecule has 0 unspecified atom stereocenters. The molecule has 3 amide bonds. The maximum atomic E-state index is 11.4. The number of carboxylic acid groups (broad SMARTS) is 1. The fourth-order valence-corrected chi connectivity index (χ4v) is 1.44. The summed E-state index contributed by atoms with van der Waals surface area (Å²) in [6.07, 6.45) is -0.615. The van der Waals surface area contributed by atoms with E-state index in [1.54, 1.807) is 0 Å². The van der Waals surface area contributed by atoms with Crippen molar-refractivity contribution in [3.8, 4) is 0 Å². The molecule has 8 heteroatoms. The number of anilines is 1. The minimum absolute atomic E-state index is 0.261. The average Bonchev–Trinajstić information content (AvgIpc) is 2.31. The van der Waals surface area contributed by atoms with Crippen molar-refractivity contribution >= 4 is 46.8 Å².